The highest BCUT2D eigenvalue weighted by atomic mass is 15.1. The zero-order chi connectivity index (χ0) is 13.4. The third kappa shape index (κ3) is 5.68. The maximum absolute atomic E-state index is 5.85. The van der Waals surface area contributed by atoms with Gasteiger partial charge < -0.3 is 16.0 Å². The SMILES string of the molecule is CC(C)N(C)CCCCNC1CCCCC1CN. The Labute approximate surface area is 113 Å². The van der Waals surface area contributed by atoms with Crippen molar-refractivity contribution in [2.45, 2.75) is 64.5 Å². The summed E-state index contributed by atoms with van der Waals surface area (Å²) in [5, 5.41) is 3.73. The molecule has 0 amide bonds. The van der Waals surface area contributed by atoms with Gasteiger partial charge in [-0.2, -0.15) is 0 Å². The van der Waals surface area contributed by atoms with Crippen LogP contribution in [0.25, 0.3) is 0 Å². The normalized spacial score (nSPS) is 25.0. The van der Waals surface area contributed by atoms with Gasteiger partial charge in [0.1, 0.15) is 0 Å². The first-order valence-corrected chi connectivity index (χ1v) is 7.78. The van der Waals surface area contributed by atoms with E-state index in [-0.39, 0.29) is 0 Å². The summed E-state index contributed by atoms with van der Waals surface area (Å²) in [7, 11) is 2.21. The maximum atomic E-state index is 5.85. The lowest BCUT2D eigenvalue weighted by atomic mass is 9.84. The fourth-order valence-electron chi connectivity index (χ4n) is 2.79. The second-order valence-electron chi connectivity index (χ2n) is 6.12. The molecule has 1 aliphatic carbocycles. The van der Waals surface area contributed by atoms with Gasteiger partial charge in [0.25, 0.3) is 0 Å². The van der Waals surface area contributed by atoms with Gasteiger partial charge in [0.05, 0.1) is 0 Å². The lowest BCUT2D eigenvalue weighted by Gasteiger charge is -2.31. The number of nitrogens with two attached hydrogens (primary N) is 1. The lowest BCUT2D eigenvalue weighted by Crippen LogP contribution is -2.42. The third-order valence-corrected chi connectivity index (χ3v) is 4.44. The van der Waals surface area contributed by atoms with Crippen molar-refractivity contribution in [2.24, 2.45) is 11.7 Å². The molecule has 1 aliphatic rings. The molecule has 3 N–H and O–H groups in total. The molecule has 1 rings (SSSR count). The second-order valence-corrected chi connectivity index (χ2v) is 6.12. The van der Waals surface area contributed by atoms with E-state index in [4.69, 9.17) is 5.73 Å². The second kappa shape index (κ2) is 8.89. The molecule has 0 aliphatic heterocycles. The quantitative estimate of drug-likeness (QED) is 0.653. The molecule has 0 aromatic rings. The topological polar surface area (TPSA) is 41.3 Å². The molecule has 2 atom stereocenters. The van der Waals surface area contributed by atoms with Gasteiger partial charge in [0.15, 0.2) is 0 Å². The summed E-state index contributed by atoms with van der Waals surface area (Å²) in [6, 6.07) is 1.35. The molecule has 3 heteroatoms. The molecule has 1 fully saturated rings. The van der Waals surface area contributed by atoms with Gasteiger partial charge in [-0.05, 0) is 72.1 Å². The van der Waals surface area contributed by atoms with Gasteiger partial charge in [-0.1, -0.05) is 12.8 Å². The van der Waals surface area contributed by atoms with E-state index < -0.39 is 0 Å². The van der Waals surface area contributed by atoms with Crippen molar-refractivity contribution in [1.82, 2.24) is 10.2 Å². The Hall–Kier alpha value is -0.120. The first-order valence-electron chi connectivity index (χ1n) is 7.78. The van der Waals surface area contributed by atoms with Crippen LogP contribution in [0.2, 0.25) is 0 Å². The van der Waals surface area contributed by atoms with E-state index >= 15 is 0 Å². The minimum Gasteiger partial charge on any atom is -0.330 e. The number of unbranched alkanes of at least 4 members (excludes halogenated alkanes) is 1. The molecule has 18 heavy (non-hydrogen) atoms. The van der Waals surface area contributed by atoms with Crippen molar-refractivity contribution in [1.29, 1.82) is 0 Å². The Morgan fingerprint density at radius 2 is 1.94 bits per heavy atom. The zero-order valence-corrected chi connectivity index (χ0v) is 12.6. The largest absolute Gasteiger partial charge is 0.330 e. The zero-order valence-electron chi connectivity index (χ0n) is 12.6. The molecule has 0 aromatic heterocycles. The van der Waals surface area contributed by atoms with E-state index in [1.807, 2.05) is 0 Å². The van der Waals surface area contributed by atoms with E-state index in [1.165, 1.54) is 45.1 Å². The van der Waals surface area contributed by atoms with Gasteiger partial charge in [0.2, 0.25) is 0 Å². The molecular weight excluding hydrogens is 222 g/mol. The summed E-state index contributed by atoms with van der Waals surface area (Å²) in [6.07, 6.45) is 7.98. The summed E-state index contributed by atoms with van der Waals surface area (Å²) < 4.78 is 0. The number of nitrogens with zero attached hydrogens (tertiary/aromatic N) is 1. The van der Waals surface area contributed by atoms with Gasteiger partial charge in [-0.3, -0.25) is 0 Å². The van der Waals surface area contributed by atoms with Crippen molar-refractivity contribution < 1.29 is 0 Å². The highest BCUT2D eigenvalue weighted by molar-refractivity contribution is 4.81. The Bertz CT molecular complexity index is 206. The van der Waals surface area contributed by atoms with Gasteiger partial charge in [-0.15, -0.1) is 0 Å². The van der Waals surface area contributed by atoms with E-state index in [2.05, 4.69) is 31.1 Å². The Kier molecular flexibility index (Phi) is 7.87. The van der Waals surface area contributed by atoms with Crippen molar-refractivity contribution >= 4 is 0 Å². The van der Waals surface area contributed by atoms with Crippen LogP contribution in [-0.4, -0.2) is 43.7 Å². The molecule has 0 heterocycles. The molecule has 108 valence electrons. The van der Waals surface area contributed by atoms with Crippen LogP contribution in [0.15, 0.2) is 0 Å². The summed E-state index contributed by atoms with van der Waals surface area (Å²) in [5.41, 5.74) is 5.85. The smallest absolute Gasteiger partial charge is 0.0107 e. The fourth-order valence-corrected chi connectivity index (χ4v) is 2.79. The van der Waals surface area contributed by atoms with Crippen LogP contribution >= 0.6 is 0 Å². The number of nitrogens with one attached hydrogen (secondary N) is 1. The summed E-state index contributed by atoms with van der Waals surface area (Å²) >= 11 is 0. The monoisotopic (exact) mass is 255 g/mol. The average Bonchev–Trinajstić information content (AvgIpc) is 2.38. The summed E-state index contributed by atoms with van der Waals surface area (Å²) in [5.74, 6) is 0.720. The van der Waals surface area contributed by atoms with Gasteiger partial charge >= 0.3 is 0 Å². The van der Waals surface area contributed by atoms with Gasteiger partial charge in [0, 0.05) is 12.1 Å². The average molecular weight is 255 g/mol. The Morgan fingerprint density at radius 3 is 2.61 bits per heavy atom. The Balaban J connectivity index is 2.06. The Morgan fingerprint density at radius 1 is 1.22 bits per heavy atom. The maximum Gasteiger partial charge on any atom is 0.0107 e. The molecule has 0 spiro atoms. The standard InChI is InChI=1S/C15H33N3/c1-13(2)18(3)11-7-6-10-17-15-9-5-4-8-14(15)12-16/h13-15,17H,4-12,16H2,1-3H3. The highest BCUT2D eigenvalue weighted by Crippen LogP contribution is 2.23. The van der Waals surface area contributed by atoms with Crippen LogP contribution < -0.4 is 11.1 Å². The van der Waals surface area contributed by atoms with Crippen LogP contribution in [0, 0.1) is 5.92 Å². The molecule has 1 saturated carbocycles. The molecule has 0 aromatic carbocycles. The molecule has 2 unspecified atom stereocenters. The lowest BCUT2D eigenvalue weighted by molar-refractivity contribution is 0.253. The summed E-state index contributed by atoms with van der Waals surface area (Å²) in [4.78, 5) is 2.42. The molecule has 3 nitrogen and oxygen atoms in total. The first kappa shape index (κ1) is 15.9. The first-order chi connectivity index (χ1) is 8.65. The van der Waals surface area contributed by atoms with E-state index in [9.17, 15) is 0 Å². The van der Waals surface area contributed by atoms with Crippen LogP contribution in [0.5, 0.6) is 0 Å². The van der Waals surface area contributed by atoms with Crippen molar-refractivity contribution in [3.05, 3.63) is 0 Å². The molecule has 0 bridgehead atoms. The van der Waals surface area contributed by atoms with Gasteiger partial charge in [-0.25, -0.2) is 0 Å². The third-order valence-electron chi connectivity index (χ3n) is 4.44. The molecule has 0 radical (unpaired) electrons. The molecule has 0 saturated heterocycles. The van der Waals surface area contributed by atoms with Crippen molar-refractivity contribution in [3.63, 3.8) is 0 Å². The van der Waals surface area contributed by atoms with Crippen LogP contribution in [0.3, 0.4) is 0 Å². The predicted molar refractivity (Wildman–Crippen MR) is 79.8 cm³/mol. The minimum atomic E-state index is 0.665. The van der Waals surface area contributed by atoms with E-state index in [0.29, 0.717) is 12.1 Å². The molecular formula is C15H33N3. The van der Waals surface area contributed by atoms with E-state index in [1.54, 1.807) is 0 Å². The number of hydrogen-bond acceptors (Lipinski definition) is 3. The number of hydrogen-bond donors (Lipinski definition) is 2. The van der Waals surface area contributed by atoms with Crippen molar-refractivity contribution in [3.8, 4) is 0 Å². The van der Waals surface area contributed by atoms with Crippen molar-refractivity contribution in [2.75, 3.05) is 26.7 Å². The highest BCUT2D eigenvalue weighted by Gasteiger charge is 2.22. The van der Waals surface area contributed by atoms with Crippen LogP contribution in [0.1, 0.15) is 52.4 Å². The minimum absolute atomic E-state index is 0.665. The van der Waals surface area contributed by atoms with Crippen LogP contribution in [-0.2, 0) is 0 Å². The van der Waals surface area contributed by atoms with Crippen LogP contribution in [0.4, 0.5) is 0 Å². The predicted octanol–water partition coefficient (Wildman–Crippen LogP) is 2.21. The summed E-state index contributed by atoms with van der Waals surface area (Å²) in [6.45, 7) is 7.74. The fraction of sp³-hybridized carbons (Fsp3) is 1.00. The van der Waals surface area contributed by atoms with E-state index in [0.717, 1.165) is 19.0 Å². The number of rotatable bonds is 8.